The lowest BCUT2D eigenvalue weighted by Gasteiger charge is -2.35. The molecule has 1 aliphatic rings. The fourth-order valence-electron chi connectivity index (χ4n) is 3.14. The highest BCUT2D eigenvalue weighted by molar-refractivity contribution is 5.76. The van der Waals surface area contributed by atoms with Crippen LogP contribution in [-0.2, 0) is 11.2 Å². The Bertz CT molecular complexity index is 478. The molecule has 22 heavy (non-hydrogen) atoms. The molecule has 1 aromatic carbocycles. The van der Waals surface area contributed by atoms with Crippen LogP contribution in [0.3, 0.4) is 0 Å². The molecule has 1 N–H and O–H groups in total. The third-order valence-electron chi connectivity index (χ3n) is 4.46. The number of carbonyl (C=O) groups excluding carboxylic acids is 1. The highest BCUT2D eigenvalue weighted by Gasteiger charge is 2.24. The first-order chi connectivity index (χ1) is 10.7. The highest BCUT2D eigenvalue weighted by Crippen LogP contribution is 2.20. The van der Waals surface area contributed by atoms with Crippen LogP contribution in [0, 0.1) is 5.82 Å². The van der Waals surface area contributed by atoms with Crippen molar-refractivity contribution in [3.8, 4) is 0 Å². The summed E-state index contributed by atoms with van der Waals surface area (Å²) in [5.41, 5.74) is 0.725. The molecular formula is C18H27FN2O. The minimum Gasteiger partial charge on any atom is -0.340 e. The zero-order chi connectivity index (χ0) is 15.8. The largest absolute Gasteiger partial charge is 0.340 e. The van der Waals surface area contributed by atoms with Gasteiger partial charge in [-0.1, -0.05) is 25.1 Å². The monoisotopic (exact) mass is 306 g/mol. The molecule has 122 valence electrons. The van der Waals surface area contributed by atoms with E-state index in [4.69, 9.17) is 0 Å². The highest BCUT2D eigenvalue weighted by atomic mass is 19.1. The SMILES string of the molecule is CCC1CCCCN1C(=O)CCNCCc1ccccc1F. The van der Waals surface area contributed by atoms with E-state index >= 15 is 0 Å². The van der Waals surface area contributed by atoms with Crippen LogP contribution < -0.4 is 5.32 Å². The summed E-state index contributed by atoms with van der Waals surface area (Å²) in [6.07, 6.45) is 5.75. The molecule has 1 saturated heterocycles. The Balaban J connectivity index is 1.66. The van der Waals surface area contributed by atoms with Gasteiger partial charge in [-0.3, -0.25) is 4.79 Å². The Kier molecular flexibility index (Phi) is 6.84. The van der Waals surface area contributed by atoms with E-state index in [1.165, 1.54) is 12.5 Å². The number of likely N-dealkylation sites (tertiary alicyclic amines) is 1. The van der Waals surface area contributed by atoms with Crippen LogP contribution in [0.1, 0.15) is 44.6 Å². The van der Waals surface area contributed by atoms with E-state index in [9.17, 15) is 9.18 Å². The van der Waals surface area contributed by atoms with Crippen molar-refractivity contribution < 1.29 is 9.18 Å². The van der Waals surface area contributed by atoms with Gasteiger partial charge in [-0.05, 0) is 50.3 Å². The van der Waals surface area contributed by atoms with Crippen molar-refractivity contribution in [3.63, 3.8) is 0 Å². The van der Waals surface area contributed by atoms with Crippen LogP contribution in [0.2, 0.25) is 0 Å². The second-order valence-electron chi connectivity index (χ2n) is 5.99. The third kappa shape index (κ3) is 4.80. The van der Waals surface area contributed by atoms with Gasteiger partial charge in [0, 0.05) is 25.6 Å². The second kappa shape index (κ2) is 8.89. The van der Waals surface area contributed by atoms with E-state index in [-0.39, 0.29) is 11.7 Å². The summed E-state index contributed by atoms with van der Waals surface area (Å²) in [5.74, 6) is 0.101. The first kappa shape index (κ1) is 16.9. The Morgan fingerprint density at radius 3 is 2.91 bits per heavy atom. The van der Waals surface area contributed by atoms with E-state index in [1.54, 1.807) is 6.07 Å². The summed E-state index contributed by atoms with van der Waals surface area (Å²) >= 11 is 0. The van der Waals surface area contributed by atoms with Crippen LogP contribution in [0.5, 0.6) is 0 Å². The number of amides is 1. The molecule has 2 rings (SSSR count). The van der Waals surface area contributed by atoms with Gasteiger partial charge in [0.15, 0.2) is 0 Å². The van der Waals surface area contributed by atoms with E-state index in [0.717, 1.165) is 31.4 Å². The molecule has 0 radical (unpaired) electrons. The van der Waals surface area contributed by atoms with Crippen LogP contribution >= 0.6 is 0 Å². The Morgan fingerprint density at radius 1 is 1.32 bits per heavy atom. The molecular weight excluding hydrogens is 279 g/mol. The maximum absolute atomic E-state index is 13.5. The van der Waals surface area contributed by atoms with Gasteiger partial charge >= 0.3 is 0 Å². The topological polar surface area (TPSA) is 32.3 Å². The first-order valence-electron chi connectivity index (χ1n) is 8.46. The number of hydrogen-bond donors (Lipinski definition) is 1. The molecule has 1 atom stereocenters. The minimum atomic E-state index is -0.153. The van der Waals surface area contributed by atoms with Crippen molar-refractivity contribution in [2.45, 2.75) is 51.5 Å². The van der Waals surface area contributed by atoms with Gasteiger partial charge in [-0.25, -0.2) is 4.39 Å². The zero-order valence-corrected chi connectivity index (χ0v) is 13.5. The average molecular weight is 306 g/mol. The molecule has 1 aromatic rings. The molecule has 0 spiro atoms. The number of halogens is 1. The van der Waals surface area contributed by atoms with Gasteiger partial charge in [-0.2, -0.15) is 0 Å². The van der Waals surface area contributed by atoms with Gasteiger partial charge in [0.05, 0.1) is 0 Å². The number of hydrogen-bond acceptors (Lipinski definition) is 2. The summed E-state index contributed by atoms with van der Waals surface area (Å²) in [4.78, 5) is 14.3. The van der Waals surface area contributed by atoms with E-state index < -0.39 is 0 Å². The number of rotatable bonds is 7. The molecule has 1 fully saturated rings. The number of piperidine rings is 1. The van der Waals surface area contributed by atoms with E-state index in [1.807, 2.05) is 12.1 Å². The van der Waals surface area contributed by atoms with Crippen molar-refractivity contribution in [1.82, 2.24) is 10.2 Å². The number of nitrogens with zero attached hydrogens (tertiary/aromatic N) is 1. The lowest BCUT2D eigenvalue weighted by atomic mass is 9.99. The molecule has 0 aromatic heterocycles. The summed E-state index contributed by atoms with van der Waals surface area (Å²) in [6.45, 7) is 4.43. The van der Waals surface area contributed by atoms with Crippen molar-refractivity contribution >= 4 is 5.91 Å². The molecule has 0 bridgehead atoms. The second-order valence-corrected chi connectivity index (χ2v) is 5.99. The van der Waals surface area contributed by atoms with Gasteiger partial charge in [-0.15, -0.1) is 0 Å². The van der Waals surface area contributed by atoms with Crippen LogP contribution in [0.25, 0.3) is 0 Å². The van der Waals surface area contributed by atoms with Gasteiger partial charge in [0.1, 0.15) is 5.82 Å². The molecule has 4 heteroatoms. The van der Waals surface area contributed by atoms with Crippen LogP contribution in [0.15, 0.2) is 24.3 Å². The average Bonchev–Trinajstić information content (AvgIpc) is 2.56. The smallest absolute Gasteiger partial charge is 0.224 e. The molecule has 0 saturated carbocycles. The maximum atomic E-state index is 13.5. The molecule has 3 nitrogen and oxygen atoms in total. The number of benzene rings is 1. The Morgan fingerprint density at radius 2 is 2.14 bits per heavy atom. The molecule has 1 amide bonds. The Labute approximate surface area is 132 Å². The van der Waals surface area contributed by atoms with Crippen LogP contribution in [-0.4, -0.2) is 36.5 Å². The molecule has 1 heterocycles. The number of nitrogens with one attached hydrogen (secondary N) is 1. The van der Waals surface area contributed by atoms with E-state index in [0.29, 0.717) is 32.0 Å². The molecule has 0 aliphatic carbocycles. The van der Waals surface area contributed by atoms with Gasteiger partial charge in [0.25, 0.3) is 0 Å². The standard InChI is InChI=1S/C18H27FN2O/c1-2-16-8-5-6-14-21(16)18(22)11-13-20-12-10-15-7-3-4-9-17(15)19/h3-4,7,9,16,20H,2,5-6,8,10-14H2,1H3. The number of carbonyl (C=O) groups is 1. The fourth-order valence-corrected chi connectivity index (χ4v) is 3.14. The lowest BCUT2D eigenvalue weighted by Crippen LogP contribution is -2.44. The zero-order valence-electron chi connectivity index (χ0n) is 13.5. The summed E-state index contributed by atoms with van der Waals surface area (Å²) in [6, 6.07) is 7.28. The third-order valence-corrected chi connectivity index (χ3v) is 4.46. The van der Waals surface area contributed by atoms with Crippen molar-refractivity contribution in [3.05, 3.63) is 35.6 Å². The lowest BCUT2D eigenvalue weighted by molar-refractivity contribution is -0.134. The van der Waals surface area contributed by atoms with Crippen molar-refractivity contribution in [1.29, 1.82) is 0 Å². The predicted octanol–water partition coefficient (Wildman–Crippen LogP) is 3.14. The quantitative estimate of drug-likeness (QED) is 0.785. The van der Waals surface area contributed by atoms with Crippen molar-refractivity contribution in [2.75, 3.05) is 19.6 Å². The molecule has 1 aliphatic heterocycles. The van der Waals surface area contributed by atoms with Gasteiger partial charge in [0.2, 0.25) is 5.91 Å². The predicted molar refractivity (Wildman–Crippen MR) is 87.2 cm³/mol. The first-order valence-corrected chi connectivity index (χ1v) is 8.46. The summed E-state index contributed by atoms with van der Waals surface area (Å²) < 4.78 is 13.5. The maximum Gasteiger partial charge on any atom is 0.224 e. The van der Waals surface area contributed by atoms with Crippen LogP contribution in [0.4, 0.5) is 4.39 Å². The normalized spacial score (nSPS) is 18.5. The Hall–Kier alpha value is -1.42. The summed E-state index contributed by atoms with van der Waals surface area (Å²) in [5, 5.41) is 3.25. The minimum absolute atomic E-state index is 0.153. The van der Waals surface area contributed by atoms with Crippen molar-refractivity contribution in [2.24, 2.45) is 0 Å². The summed E-state index contributed by atoms with van der Waals surface area (Å²) in [7, 11) is 0. The van der Waals surface area contributed by atoms with E-state index in [2.05, 4.69) is 17.1 Å². The molecule has 1 unspecified atom stereocenters. The van der Waals surface area contributed by atoms with Gasteiger partial charge < -0.3 is 10.2 Å². The fraction of sp³-hybridized carbons (Fsp3) is 0.611.